The standard InChI is InChI=1S/C19H37BN2O2/c1-8-12-17(3)13-16-22(7)21-15-11-10-14-20-23-18(4,5)19(6,9-2)24-20/h10-12,21H,8-9,13-16H2,1-7H3/b11-10+,17-12+. The minimum Gasteiger partial charge on any atom is -0.403 e. The van der Waals surface area contributed by atoms with Crippen molar-refractivity contribution in [3.8, 4) is 0 Å². The van der Waals surface area contributed by atoms with Crippen molar-refractivity contribution in [3.05, 3.63) is 23.8 Å². The summed E-state index contributed by atoms with van der Waals surface area (Å²) < 4.78 is 12.2. The van der Waals surface area contributed by atoms with E-state index in [0.29, 0.717) is 0 Å². The zero-order chi connectivity index (χ0) is 18.2. The van der Waals surface area contributed by atoms with Gasteiger partial charge in [-0.25, -0.2) is 5.01 Å². The third-order valence-electron chi connectivity index (χ3n) is 5.13. The van der Waals surface area contributed by atoms with E-state index in [1.54, 1.807) is 0 Å². The molecule has 1 unspecified atom stereocenters. The molecule has 1 N–H and O–H groups in total. The first-order valence-corrected chi connectivity index (χ1v) is 9.35. The second kappa shape index (κ2) is 9.76. The number of hydrazine groups is 1. The molecule has 1 fully saturated rings. The average Bonchev–Trinajstić information content (AvgIpc) is 2.75. The highest BCUT2D eigenvalue weighted by atomic mass is 16.7. The molecule has 0 saturated carbocycles. The molecule has 0 spiro atoms. The van der Waals surface area contributed by atoms with E-state index < -0.39 is 0 Å². The molecule has 0 bridgehead atoms. The number of hydrogen-bond donors (Lipinski definition) is 1. The van der Waals surface area contributed by atoms with Gasteiger partial charge in [-0.2, -0.15) is 0 Å². The predicted octanol–water partition coefficient (Wildman–Crippen LogP) is 4.21. The summed E-state index contributed by atoms with van der Waals surface area (Å²) in [4.78, 5) is 0. The lowest BCUT2D eigenvalue weighted by atomic mass is 9.85. The number of nitrogens with zero attached hydrogens (tertiary/aromatic N) is 1. The summed E-state index contributed by atoms with van der Waals surface area (Å²) >= 11 is 0. The highest BCUT2D eigenvalue weighted by Crippen LogP contribution is 2.40. The quantitative estimate of drug-likeness (QED) is 0.368. The molecule has 0 aliphatic carbocycles. The molecule has 0 aromatic heterocycles. The average molecular weight is 336 g/mol. The molecule has 5 heteroatoms. The predicted molar refractivity (Wildman–Crippen MR) is 104 cm³/mol. The second-order valence-electron chi connectivity index (χ2n) is 7.46. The van der Waals surface area contributed by atoms with Crippen molar-refractivity contribution in [1.82, 2.24) is 10.4 Å². The molecule has 4 nitrogen and oxygen atoms in total. The molecule has 1 rings (SSSR count). The van der Waals surface area contributed by atoms with Gasteiger partial charge < -0.3 is 9.31 Å². The van der Waals surface area contributed by atoms with Gasteiger partial charge in [0.2, 0.25) is 0 Å². The summed E-state index contributed by atoms with van der Waals surface area (Å²) in [5.74, 6) is 0. The highest BCUT2D eigenvalue weighted by molar-refractivity contribution is 6.46. The maximum Gasteiger partial charge on any atom is 0.461 e. The third-order valence-corrected chi connectivity index (χ3v) is 5.13. The first kappa shape index (κ1) is 21.4. The van der Waals surface area contributed by atoms with Crippen LogP contribution >= 0.6 is 0 Å². The Kier molecular flexibility index (Phi) is 8.71. The fourth-order valence-electron chi connectivity index (χ4n) is 2.89. The van der Waals surface area contributed by atoms with Gasteiger partial charge in [0, 0.05) is 26.5 Å². The molecule has 1 saturated heterocycles. The molecule has 1 aliphatic rings. The molecular formula is C19H37BN2O2. The van der Waals surface area contributed by atoms with Gasteiger partial charge in [0.1, 0.15) is 0 Å². The Morgan fingerprint density at radius 1 is 1.17 bits per heavy atom. The van der Waals surface area contributed by atoms with Gasteiger partial charge in [-0.3, -0.25) is 5.43 Å². The molecule has 0 radical (unpaired) electrons. The lowest BCUT2D eigenvalue weighted by Crippen LogP contribution is -2.44. The van der Waals surface area contributed by atoms with E-state index in [9.17, 15) is 0 Å². The van der Waals surface area contributed by atoms with Crippen LogP contribution in [0, 0.1) is 0 Å². The molecule has 24 heavy (non-hydrogen) atoms. The van der Waals surface area contributed by atoms with Crippen LogP contribution in [0.15, 0.2) is 23.8 Å². The molecule has 1 atom stereocenters. The Labute approximate surface area is 149 Å². The zero-order valence-electron chi connectivity index (χ0n) is 16.8. The van der Waals surface area contributed by atoms with Crippen molar-refractivity contribution in [2.24, 2.45) is 0 Å². The normalized spacial score (nSPS) is 24.5. The van der Waals surface area contributed by atoms with Gasteiger partial charge in [-0.1, -0.05) is 37.6 Å². The van der Waals surface area contributed by atoms with Gasteiger partial charge in [0.25, 0.3) is 0 Å². The number of rotatable bonds is 10. The minimum atomic E-state index is -0.234. The lowest BCUT2D eigenvalue weighted by molar-refractivity contribution is -0.0118. The van der Waals surface area contributed by atoms with Crippen molar-refractivity contribution in [2.75, 3.05) is 20.1 Å². The maximum atomic E-state index is 6.12. The third kappa shape index (κ3) is 6.36. The number of allylic oxidation sites excluding steroid dienone is 2. The largest absolute Gasteiger partial charge is 0.461 e. The first-order valence-electron chi connectivity index (χ1n) is 9.35. The summed E-state index contributed by atoms with van der Waals surface area (Å²) in [7, 11) is 1.95. The van der Waals surface area contributed by atoms with E-state index in [1.807, 2.05) is 0 Å². The van der Waals surface area contributed by atoms with Gasteiger partial charge in [0.15, 0.2) is 0 Å². The van der Waals surface area contributed by atoms with Gasteiger partial charge in [-0.05, 0) is 47.0 Å². The smallest absolute Gasteiger partial charge is 0.403 e. The Bertz CT molecular complexity index is 437. The molecular weight excluding hydrogens is 299 g/mol. The van der Waals surface area contributed by atoms with Crippen molar-refractivity contribution in [1.29, 1.82) is 0 Å². The summed E-state index contributed by atoms with van der Waals surface area (Å²) in [6, 6.07) is 0. The summed E-state index contributed by atoms with van der Waals surface area (Å²) in [5, 5.41) is 2.15. The van der Waals surface area contributed by atoms with Crippen LogP contribution < -0.4 is 5.43 Å². The van der Waals surface area contributed by atoms with Crippen LogP contribution in [0.25, 0.3) is 0 Å². The van der Waals surface area contributed by atoms with Crippen LogP contribution in [0.4, 0.5) is 0 Å². The molecule has 0 aromatic rings. The first-order chi connectivity index (χ1) is 11.2. The monoisotopic (exact) mass is 336 g/mol. The van der Waals surface area contributed by atoms with Gasteiger partial charge in [-0.15, -0.1) is 0 Å². The maximum absolute atomic E-state index is 6.12. The Morgan fingerprint density at radius 3 is 2.46 bits per heavy atom. The van der Waals surface area contributed by atoms with Crippen LogP contribution in [0.2, 0.25) is 6.32 Å². The van der Waals surface area contributed by atoms with E-state index in [-0.39, 0.29) is 18.3 Å². The summed E-state index contributed by atoms with van der Waals surface area (Å²) in [6.45, 7) is 14.8. The van der Waals surface area contributed by atoms with Gasteiger partial charge >= 0.3 is 7.12 Å². The molecule has 0 amide bonds. The Hall–Kier alpha value is -0.615. The van der Waals surface area contributed by atoms with Gasteiger partial charge in [0.05, 0.1) is 11.2 Å². The SMILES string of the molecule is CC/C=C(\C)CCN(C)NC/C=C/CB1OC(C)(C)C(C)(CC)O1. The minimum absolute atomic E-state index is 0.138. The highest BCUT2D eigenvalue weighted by Gasteiger charge is 2.52. The summed E-state index contributed by atoms with van der Waals surface area (Å²) in [5.41, 5.74) is 4.41. The van der Waals surface area contributed by atoms with Crippen molar-refractivity contribution in [3.63, 3.8) is 0 Å². The fraction of sp³-hybridized carbons (Fsp3) is 0.789. The molecule has 138 valence electrons. The number of nitrogens with one attached hydrogen (secondary N) is 1. The van der Waals surface area contributed by atoms with Crippen molar-refractivity contribution in [2.45, 2.75) is 78.3 Å². The molecule has 1 aliphatic heterocycles. The van der Waals surface area contributed by atoms with E-state index in [2.05, 4.69) is 77.3 Å². The summed E-state index contributed by atoms with van der Waals surface area (Å²) in [6.07, 6.45) is 10.6. The Balaban J connectivity index is 2.24. The van der Waals surface area contributed by atoms with Crippen molar-refractivity contribution < 1.29 is 9.31 Å². The van der Waals surface area contributed by atoms with Crippen LogP contribution in [-0.4, -0.2) is 43.5 Å². The van der Waals surface area contributed by atoms with E-state index in [0.717, 1.165) is 38.7 Å². The topological polar surface area (TPSA) is 33.7 Å². The van der Waals surface area contributed by atoms with Crippen LogP contribution in [0.5, 0.6) is 0 Å². The zero-order valence-corrected chi connectivity index (χ0v) is 16.8. The molecule has 0 aromatic carbocycles. The lowest BCUT2D eigenvalue weighted by Gasteiger charge is -2.35. The van der Waals surface area contributed by atoms with E-state index >= 15 is 0 Å². The van der Waals surface area contributed by atoms with E-state index in [4.69, 9.17) is 9.31 Å². The second-order valence-corrected chi connectivity index (χ2v) is 7.46. The van der Waals surface area contributed by atoms with Crippen LogP contribution in [-0.2, 0) is 9.31 Å². The Morgan fingerprint density at radius 2 is 1.88 bits per heavy atom. The van der Waals surface area contributed by atoms with E-state index in [1.165, 1.54) is 5.57 Å². The van der Waals surface area contributed by atoms with Crippen LogP contribution in [0.3, 0.4) is 0 Å². The molecule has 1 heterocycles. The van der Waals surface area contributed by atoms with Crippen LogP contribution in [0.1, 0.15) is 60.8 Å². The number of hydrogen-bond acceptors (Lipinski definition) is 4. The van der Waals surface area contributed by atoms with Crippen molar-refractivity contribution >= 4 is 7.12 Å². The fourth-order valence-corrected chi connectivity index (χ4v) is 2.89.